The first kappa shape index (κ1) is 10.0. The molecule has 76 valence electrons. The average Bonchev–Trinajstić information content (AvgIpc) is 2.62. The number of para-hydroxylation sites is 1. The zero-order valence-corrected chi connectivity index (χ0v) is 10.0. The van der Waals surface area contributed by atoms with Crippen LogP contribution in [-0.4, -0.2) is 11.4 Å². The summed E-state index contributed by atoms with van der Waals surface area (Å²) in [5.74, 6) is 1.15. The van der Waals surface area contributed by atoms with Crippen molar-refractivity contribution in [1.82, 2.24) is 0 Å². The molecule has 1 nitrogen and oxygen atoms in total. The third-order valence-electron chi connectivity index (χ3n) is 2.61. The van der Waals surface area contributed by atoms with Gasteiger partial charge in [0, 0.05) is 11.2 Å². The second-order valence-corrected chi connectivity index (χ2v) is 5.39. The smallest absolute Gasteiger partial charge is 0.125 e. The molecule has 2 heteroatoms. The van der Waals surface area contributed by atoms with Crippen LogP contribution in [0.3, 0.4) is 0 Å². The zero-order chi connectivity index (χ0) is 9.97. The molecule has 0 saturated carbocycles. The van der Waals surface area contributed by atoms with E-state index in [1.807, 2.05) is 0 Å². The molecule has 0 amide bonds. The largest absolute Gasteiger partial charge is 0.493 e. The Morgan fingerprint density at radius 3 is 3.14 bits per heavy atom. The Morgan fingerprint density at radius 2 is 2.36 bits per heavy atom. The lowest BCUT2D eigenvalue weighted by atomic mass is 10.0. The minimum absolute atomic E-state index is 0.583. The van der Waals surface area contributed by atoms with Crippen molar-refractivity contribution in [1.29, 1.82) is 0 Å². The highest BCUT2D eigenvalue weighted by atomic mass is 79.9. The standard InChI is InChI=1S/C12H15BrO/c1-9(13)5-6-10-3-2-4-11-7-8-14-12(10)11/h2-4,9H,5-8H2,1H3. The van der Waals surface area contributed by atoms with Gasteiger partial charge in [0.15, 0.2) is 0 Å². The van der Waals surface area contributed by atoms with Crippen molar-refractivity contribution in [2.75, 3.05) is 6.61 Å². The van der Waals surface area contributed by atoms with Gasteiger partial charge in [-0.25, -0.2) is 0 Å². The lowest BCUT2D eigenvalue weighted by Gasteiger charge is -2.08. The van der Waals surface area contributed by atoms with Gasteiger partial charge in [0.25, 0.3) is 0 Å². The Labute approximate surface area is 93.6 Å². The summed E-state index contributed by atoms with van der Waals surface area (Å²) < 4.78 is 5.65. The first-order valence-corrected chi connectivity index (χ1v) is 6.06. The topological polar surface area (TPSA) is 9.23 Å². The van der Waals surface area contributed by atoms with E-state index in [0.717, 1.165) is 25.2 Å². The first-order valence-electron chi connectivity index (χ1n) is 5.15. The van der Waals surface area contributed by atoms with Crippen LogP contribution in [-0.2, 0) is 12.8 Å². The monoisotopic (exact) mass is 254 g/mol. The summed E-state index contributed by atoms with van der Waals surface area (Å²) in [6, 6.07) is 6.49. The van der Waals surface area contributed by atoms with Crippen LogP contribution in [0.4, 0.5) is 0 Å². The maximum atomic E-state index is 5.65. The highest BCUT2D eigenvalue weighted by Crippen LogP contribution is 2.30. The highest BCUT2D eigenvalue weighted by molar-refractivity contribution is 9.09. The molecular formula is C12H15BrO. The van der Waals surface area contributed by atoms with Crippen LogP contribution in [0.5, 0.6) is 5.75 Å². The number of ether oxygens (including phenoxy) is 1. The molecule has 1 aromatic rings. The van der Waals surface area contributed by atoms with Gasteiger partial charge in [-0.2, -0.15) is 0 Å². The Kier molecular flexibility index (Phi) is 3.12. The quantitative estimate of drug-likeness (QED) is 0.753. The number of fused-ring (bicyclic) bond motifs is 1. The molecule has 0 fully saturated rings. The molecule has 0 N–H and O–H groups in total. The third kappa shape index (κ3) is 2.11. The van der Waals surface area contributed by atoms with E-state index in [9.17, 15) is 0 Å². The van der Waals surface area contributed by atoms with E-state index < -0.39 is 0 Å². The first-order chi connectivity index (χ1) is 6.77. The molecule has 1 unspecified atom stereocenters. The van der Waals surface area contributed by atoms with E-state index >= 15 is 0 Å². The number of benzene rings is 1. The number of hydrogen-bond donors (Lipinski definition) is 0. The van der Waals surface area contributed by atoms with Crippen molar-refractivity contribution in [2.45, 2.75) is 31.0 Å². The van der Waals surface area contributed by atoms with E-state index in [1.54, 1.807) is 0 Å². The molecule has 1 heterocycles. The van der Waals surface area contributed by atoms with Gasteiger partial charge in [-0.3, -0.25) is 0 Å². The molecule has 1 atom stereocenters. The number of aryl methyl sites for hydroxylation is 1. The molecule has 2 rings (SSSR count). The van der Waals surface area contributed by atoms with E-state index in [0.29, 0.717) is 4.83 Å². The van der Waals surface area contributed by atoms with Gasteiger partial charge in [-0.15, -0.1) is 0 Å². The number of rotatable bonds is 3. The summed E-state index contributed by atoms with van der Waals surface area (Å²) in [7, 11) is 0. The molecule has 0 saturated heterocycles. The molecule has 1 aromatic carbocycles. The predicted octanol–water partition coefficient (Wildman–Crippen LogP) is 3.34. The van der Waals surface area contributed by atoms with Crippen LogP contribution in [0.15, 0.2) is 18.2 Å². The van der Waals surface area contributed by atoms with E-state index in [1.165, 1.54) is 17.5 Å². The molecule has 1 aliphatic rings. The van der Waals surface area contributed by atoms with Gasteiger partial charge in [0.2, 0.25) is 0 Å². The van der Waals surface area contributed by atoms with Crippen molar-refractivity contribution < 1.29 is 4.74 Å². The SMILES string of the molecule is CC(Br)CCc1cccc2c1OCC2. The van der Waals surface area contributed by atoms with Crippen molar-refractivity contribution in [3.8, 4) is 5.75 Å². The van der Waals surface area contributed by atoms with Crippen LogP contribution in [0, 0.1) is 0 Å². The maximum absolute atomic E-state index is 5.65. The molecule has 0 aliphatic carbocycles. The zero-order valence-electron chi connectivity index (χ0n) is 8.42. The minimum atomic E-state index is 0.583. The van der Waals surface area contributed by atoms with Crippen molar-refractivity contribution in [2.24, 2.45) is 0 Å². The summed E-state index contributed by atoms with van der Waals surface area (Å²) in [5.41, 5.74) is 2.75. The van der Waals surface area contributed by atoms with Crippen LogP contribution >= 0.6 is 15.9 Å². The molecule has 0 aromatic heterocycles. The number of hydrogen-bond acceptors (Lipinski definition) is 1. The van der Waals surface area contributed by atoms with Crippen molar-refractivity contribution >= 4 is 15.9 Å². The average molecular weight is 255 g/mol. The second kappa shape index (κ2) is 4.35. The number of alkyl halides is 1. The fourth-order valence-electron chi connectivity index (χ4n) is 1.83. The molecule has 0 bridgehead atoms. The summed E-state index contributed by atoms with van der Waals surface area (Å²) in [6.07, 6.45) is 3.35. The van der Waals surface area contributed by atoms with Gasteiger partial charge >= 0.3 is 0 Å². The van der Waals surface area contributed by atoms with Gasteiger partial charge < -0.3 is 4.74 Å². The predicted molar refractivity (Wildman–Crippen MR) is 62.4 cm³/mol. The van der Waals surface area contributed by atoms with E-state index in [2.05, 4.69) is 41.1 Å². The lowest BCUT2D eigenvalue weighted by Crippen LogP contribution is -1.96. The van der Waals surface area contributed by atoms with Crippen molar-refractivity contribution in [3.05, 3.63) is 29.3 Å². The van der Waals surface area contributed by atoms with E-state index in [4.69, 9.17) is 4.74 Å². The van der Waals surface area contributed by atoms with Crippen LogP contribution < -0.4 is 4.74 Å². The molecule has 1 aliphatic heterocycles. The lowest BCUT2D eigenvalue weighted by molar-refractivity contribution is 0.353. The number of halogens is 1. The Morgan fingerprint density at radius 1 is 1.50 bits per heavy atom. The Balaban J connectivity index is 2.14. The van der Waals surface area contributed by atoms with Gasteiger partial charge in [0.05, 0.1) is 6.61 Å². The van der Waals surface area contributed by atoms with Gasteiger partial charge in [-0.1, -0.05) is 41.1 Å². The fraction of sp³-hybridized carbons (Fsp3) is 0.500. The summed E-state index contributed by atoms with van der Waals surface area (Å²) in [5, 5.41) is 0. The van der Waals surface area contributed by atoms with Crippen molar-refractivity contribution in [3.63, 3.8) is 0 Å². The summed E-state index contributed by atoms with van der Waals surface area (Å²) in [6.45, 7) is 3.04. The van der Waals surface area contributed by atoms with Gasteiger partial charge in [0.1, 0.15) is 5.75 Å². The third-order valence-corrected chi connectivity index (χ3v) is 3.07. The summed E-state index contributed by atoms with van der Waals surface area (Å²) in [4.78, 5) is 0.583. The highest BCUT2D eigenvalue weighted by Gasteiger charge is 2.15. The molecule has 0 spiro atoms. The minimum Gasteiger partial charge on any atom is -0.493 e. The van der Waals surface area contributed by atoms with Crippen LogP contribution in [0.2, 0.25) is 0 Å². The molecular weight excluding hydrogens is 240 g/mol. The Hall–Kier alpha value is -0.500. The molecule has 0 radical (unpaired) electrons. The molecule has 14 heavy (non-hydrogen) atoms. The maximum Gasteiger partial charge on any atom is 0.125 e. The van der Waals surface area contributed by atoms with Crippen LogP contribution in [0.1, 0.15) is 24.5 Å². The van der Waals surface area contributed by atoms with Gasteiger partial charge in [-0.05, 0) is 24.0 Å². The van der Waals surface area contributed by atoms with E-state index in [-0.39, 0.29) is 0 Å². The summed E-state index contributed by atoms with van der Waals surface area (Å²) >= 11 is 3.57. The normalized spacial score (nSPS) is 16.1. The second-order valence-electron chi connectivity index (χ2n) is 3.82. The van der Waals surface area contributed by atoms with Crippen LogP contribution in [0.25, 0.3) is 0 Å². The fourth-order valence-corrected chi connectivity index (χ4v) is 2.06. The Bertz CT molecular complexity index is 320.